The van der Waals surface area contributed by atoms with Gasteiger partial charge in [-0.15, -0.1) is 0 Å². The molecule has 0 amide bonds. The first-order valence-corrected chi connectivity index (χ1v) is 6.93. The van der Waals surface area contributed by atoms with Gasteiger partial charge in [0.2, 0.25) is 12.4 Å². The number of hydrogen-bond donors (Lipinski definition) is 0. The van der Waals surface area contributed by atoms with Gasteiger partial charge in [0.1, 0.15) is 6.10 Å². The van der Waals surface area contributed by atoms with Gasteiger partial charge in [0.05, 0.1) is 6.10 Å². The van der Waals surface area contributed by atoms with Gasteiger partial charge in [-0.2, -0.15) is 0 Å². The second-order valence-electron chi connectivity index (χ2n) is 5.07. The van der Waals surface area contributed by atoms with E-state index in [0.717, 1.165) is 0 Å². The number of rotatable bonds is 4. The molecule has 5 atom stereocenters. The Bertz CT molecular complexity index is 406. The van der Waals surface area contributed by atoms with Crippen molar-refractivity contribution in [3.8, 4) is 0 Å². The maximum Gasteiger partial charge on any atom is 0.305 e. The van der Waals surface area contributed by atoms with E-state index in [2.05, 4.69) is 0 Å². The molecule has 1 rings (SSSR count). The summed E-state index contributed by atoms with van der Waals surface area (Å²) in [5.74, 6) is -1.83. The van der Waals surface area contributed by atoms with Crippen LogP contribution in [0.5, 0.6) is 0 Å². The predicted molar refractivity (Wildman–Crippen MR) is 71.0 cm³/mol. The van der Waals surface area contributed by atoms with Gasteiger partial charge in [0.15, 0.2) is 0 Å². The topological polar surface area (TPSA) is 88.1 Å². The van der Waals surface area contributed by atoms with E-state index in [1.165, 1.54) is 20.8 Å². The standard InChI is InChI=1S/C14H22O7/c1-6-11-7(2)12(18-8(3)15)13(19-9(4)16)14(21-11)20-10(5)17/h7,11-14H,6H2,1-5H3/t7-,11-,12+,13?,14+/m1/s1. The van der Waals surface area contributed by atoms with Gasteiger partial charge in [0, 0.05) is 26.7 Å². The van der Waals surface area contributed by atoms with Gasteiger partial charge >= 0.3 is 17.9 Å². The van der Waals surface area contributed by atoms with Crippen LogP contribution in [0.2, 0.25) is 0 Å². The van der Waals surface area contributed by atoms with E-state index in [4.69, 9.17) is 18.9 Å². The van der Waals surface area contributed by atoms with E-state index < -0.39 is 36.4 Å². The molecule has 7 heteroatoms. The molecule has 0 spiro atoms. The van der Waals surface area contributed by atoms with Gasteiger partial charge in [-0.1, -0.05) is 13.8 Å². The van der Waals surface area contributed by atoms with Gasteiger partial charge in [-0.25, -0.2) is 0 Å². The van der Waals surface area contributed by atoms with Crippen molar-refractivity contribution in [3.05, 3.63) is 0 Å². The lowest BCUT2D eigenvalue weighted by Crippen LogP contribution is -2.57. The van der Waals surface area contributed by atoms with Crippen LogP contribution in [0.3, 0.4) is 0 Å². The Hall–Kier alpha value is -1.63. The normalized spacial score (nSPS) is 32.1. The summed E-state index contributed by atoms with van der Waals surface area (Å²) in [6.07, 6.45) is -2.42. The summed E-state index contributed by atoms with van der Waals surface area (Å²) in [6.45, 7) is 7.47. The van der Waals surface area contributed by atoms with E-state index in [9.17, 15) is 14.4 Å². The fourth-order valence-electron chi connectivity index (χ4n) is 2.45. The molecule has 0 saturated carbocycles. The molecule has 0 aromatic carbocycles. The average molecular weight is 302 g/mol. The first kappa shape index (κ1) is 17.4. The van der Waals surface area contributed by atoms with E-state index in [-0.39, 0.29) is 12.0 Å². The van der Waals surface area contributed by atoms with Gasteiger partial charge in [-0.3, -0.25) is 14.4 Å². The minimum absolute atomic E-state index is 0.199. The van der Waals surface area contributed by atoms with Crippen molar-refractivity contribution in [1.29, 1.82) is 0 Å². The molecule has 0 aromatic rings. The molecule has 1 aliphatic heterocycles. The lowest BCUT2D eigenvalue weighted by atomic mass is 9.89. The molecular weight excluding hydrogens is 280 g/mol. The van der Waals surface area contributed by atoms with Crippen LogP contribution in [0.1, 0.15) is 41.0 Å². The van der Waals surface area contributed by atoms with Crippen molar-refractivity contribution in [2.45, 2.75) is 65.6 Å². The third-order valence-electron chi connectivity index (χ3n) is 3.29. The fourth-order valence-corrected chi connectivity index (χ4v) is 2.45. The highest BCUT2D eigenvalue weighted by Gasteiger charge is 2.48. The summed E-state index contributed by atoms with van der Waals surface area (Å²) in [4.78, 5) is 33.8. The summed E-state index contributed by atoms with van der Waals surface area (Å²) < 4.78 is 21.2. The molecule has 0 aliphatic carbocycles. The fraction of sp³-hybridized carbons (Fsp3) is 0.786. The third kappa shape index (κ3) is 4.70. The summed E-state index contributed by atoms with van der Waals surface area (Å²) >= 11 is 0. The Kier molecular flexibility index (Phi) is 6.14. The molecule has 1 saturated heterocycles. The zero-order chi connectivity index (χ0) is 16.2. The highest BCUT2D eigenvalue weighted by atomic mass is 16.7. The molecule has 1 unspecified atom stereocenters. The quantitative estimate of drug-likeness (QED) is 0.569. The molecule has 1 heterocycles. The smallest absolute Gasteiger partial charge is 0.305 e. The molecule has 7 nitrogen and oxygen atoms in total. The van der Waals surface area contributed by atoms with E-state index in [0.29, 0.717) is 6.42 Å². The Labute approximate surface area is 123 Å². The summed E-state index contributed by atoms with van der Waals surface area (Å²) in [7, 11) is 0. The molecule has 0 N–H and O–H groups in total. The van der Waals surface area contributed by atoms with Crippen LogP contribution in [0.25, 0.3) is 0 Å². The first-order chi connectivity index (χ1) is 9.76. The maximum absolute atomic E-state index is 11.3. The number of ether oxygens (including phenoxy) is 4. The van der Waals surface area contributed by atoms with Crippen molar-refractivity contribution in [1.82, 2.24) is 0 Å². The lowest BCUT2D eigenvalue weighted by molar-refractivity contribution is -0.281. The van der Waals surface area contributed by atoms with Crippen LogP contribution >= 0.6 is 0 Å². The largest absolute Gasteiger partial charge is 0.458 e. The zero-order valence-corrected chi connectivity index (χ0v) is 13.0. The summed E-state index contributed by atoms with van der Waals surface area (Å²) in [5.41, 5.74) is 0. The second-order valence-corrected chi connectivity index (χ2v) is 5.07. The second kappa shape index (κ2) is 7.40. The van der Waals surface area contributed by atoms with Gasteiger partial charge < -0.3 is 18.9 Å². The van der Waals surface area contributed by atoms with E-state index in [1.807, 2.05) is 13.8 Å². The summed E-state index contributed by atoms with van der Waals surface area (Å²) in [5, 5.41) is 0. The Morgan fingerprint density at radius 3 is 1.81 bits per heavy atom. The minimum Gasteiger partial charge on any atom is -0.458 e. The van der Waals surface area contributed by atoms with Crippen molar-refractivity contribution in [3.63, 3.8) is 0 Å². The van der Waals surface area contributed by atoms with Crippen LogP contribution in [0, 0.1) is 5.92 Å². The highest BCUT2D eigenvalue weighted by molar-refractivity contribution is 5.68. The summed E-state index contributed by atoms with van der Waals surface area (Å²) in [6, 6.07) is 0. The number of carbonyl (C=O) groups is 3. The van der Waals surface area contributed by atoms with Gasteiger partial charge in [0.25, 0.3) is 0 Å². The van der Waals surface area contributed by atoms with Crippen molar-refractivity contribution < 1.29 is 33.3 Å². The SMILES string of the molecule is CC[C@H]1O[C@H](OC(C)=O)C(OC(C)=O)[C@@H](OC(C)=O)[C@@H]1C. The molecule has 21 heavy (non-hydrogen) atoms. The van der Waals surface area contributed by atoms with Crippen LogP contribution in [-0.4, -0.2) is 42.5 Å². The Balaban J connectivity index is 3.05. The number of esters is 3. The van der Waals surface area contributed by atoms with E-state index >= 15 is 0 Å². The molecule has 1 aliphatic rings. The van der Waals surface area contributed by atoms with Crippen LogP contribution in [0.15, 0.2) is 0 Å². The molecule has 0 radical (unpaired) electrons. The predicted octanol–water partition coefficient (Wildman–Crippen LogP) is 1.18. The molecular formula is C14H22O7. The Morgan fingerprint density at radius 2 is 1.38 bits per heavy atom. The van der Waals surface area contributed by atoms with Crippen LogP contribution in [-0.2, 0) is 33.3 Å². The minimum atomic E-state index is -1.09. The highest BCUT2D eigenvalue weighted by Crippen LogP contribution is 2.32. The molecule has 120 valence electrons. The monoisotopic (exact) mass is 302 g/mol. The first-order valence-electron chi connectivity index (χ1n) is 6.93. The van der Waals surface area contributed by atoms with Crippen molar-refractivity contribution in [2.75, 3.05) is 0 Å². The van der Waals surface area contributed by atoms with Crippen LogP contribution < -0.4 is 0 Å². The van der Waals surface area contributed by atoms with E-state index in [1.54, 1.807) is 0 Å². The zero-order valence-electron chi connectivity index (χ0n) is 13.0. The van der Waals surface area contributed by atoms with Crippen molar-refractivity contribution in [2.24, 2.45) is 5.92 Å². The Morgan fingerprint density at radius 1 is 0.905 bits per heavy atom. The maximum atomic E-state index is 11.3. The van der Waals surface area contributed by atoms with Crippen molar-refractivity contribution >= 4 is 17.9 Å². The lowest BCUT2D eigenvalue weighted by Gasteiger charge is -2.43. The number of hydrogen-bond acceptors (Lipinski definition) is 7. The molecule has 0 aromatic heterocycles. The molecule has 0 bridgehead atoms. The number of carbonyl (C=O) groups excluding carboxylic acids is 3. The molecule has 1 fully saturated rings. The van der Waals surface area contributed by atoms with Gasteiger partial charge in [-0.05, 0) is 6.42 Å². The third-order valence-corrected chi connectivity index (χ3v) is 3.29. The average Bonchev–Trinajstić information content (AvgIpc) is 2.35. The van der Waals surface area contributed by atoms with Crippen LogP contribution in [0.4, 0.5) is 0 Å².